The molecule has 2 rings (SSSR count). The van der Waals surface area contributed by atoms with Crippen LogP contribution in [0.2, 0.25) is 0 Å². The molecule has 21 heavy (non-hydrogen) atoms. The molecule has 8 heteroatoms. The van der Waals surface area contributed by atoms with Crippen molar-refractivity contribution >= 4 is 23.4 Å². The third kappa shape index (κ3) is 3.76. The van der Waals surface area contributed by atoms with Gasteiger partial charge in [-0.25, -0.2) is 9.78 Å². The molecule has 0 radical (unpaired) electrons. The molecule has 0 aliphatic heterocycles. The number of hydrogen-bond acceptors (Lipinski definition) is 5. The molecule has 0 fully saturated rings. The summed E-state index contributed by atoms with van der Waals surface area (Å²) in [6.45, 7) is 0. The first-order chi connectivity index (χ1) is 9.97. The van der Waals surface area contributed by atoms with Gasteiger partial charge in [-0.3, -0.25) is 10.1 Å². The summed E-state index contributed by atoms with van der Waals surface area (Å²) in [6.07, 6.45) is 1.38. The van der Waals surface area contributed by atoms with Crippen molar-refractivity contribution in [3.63, 3.8) is 0 Å². The summed E-state index contributed by atoms with van der Waals surface area (Å²) in [7, 11) is 0. The van der Waals surface area contributed by atoms with Crippen LogP contribution in [0, 0.1) is 15.9 Å². The first kappa shape index (κ1) is 14.9. The predicted molar refractivity (Wildman–Crippen MR) is 73.8 cm³/mol. The van der Waals surface area contributed by atoms with Gasteiger partial charge in [0.05, 0.1) is 4.92 Å². The number of carboxylic acid groups (broad SMARTS) is 1. The topological polar surface area (TPSA) is 93.3 Å². The fraction of sp³-hybridized carbons (Fsp3) is 0.0769. The molecule has 6 nitrogen and oxygen atoms in total. The Bertz CT molecular complexity index is 708. The molecule has 0 unspecified atom stereocenters. The number of nitro benzene ring substituents is 1. The summed E-state index contributed by atoms with van der Waals surface area (Å²) in [5, 5.41) is 19.3. The first-order valence-corrected chi connectivity index (χ1v) is 6.71. The monoisotopic (exact) mass is 308 g/mol. The number of benzene rings is 1. The number of carbonyl (C=O) groups is 1. The Hall–Kier alpha value is -2.48. The van der Waals surface area contributed by atoms with Crippen LogP contribution in [0.5, 0.6) is 0 Å². The van der Waals surface area contributed by atoms with Gasteiger partial charge in [0.1, 0.15) is 5.69 Å². The molecule has 1 aromatic heterocycles. The summed E-state index contributed by atoms with van der Waals surface area (Å²) in [4.78, 5) is 24.9. The van der Waals surface area contributed by atoms with E-state index in [0.29, 0.717) is 16.2 Å². The SMILES string of the molecule is O=C(O)c1cc(SCc2ccc([N+](=O)[O-])c(F)c2)ccn1. The standard InChI is InChI=1S/C13H9FN2O4S/c14-10-5-8(1-2-12(10)16(19)20)7-21-9-3-4-15-11(6-9)13(17)18/h1-6H,7H2,(H,17,18). The van der Waals surface area contributed by atoms with Gasteiger partial charge >= 0.3 is 11.7 Å². The van der Waals surface area contributed by atoms with Crippen LogP contribution < -0.4 is 0 Å². The molecule has 0 bridgehead atoms. The van der Waals surface area contributed by atoms with Crippen molar-refractivity contribution in [2.45, 2.75) is 10.6 Å². The van der Waals surface area contributed by atoms with Gasteiger partial charge in [0.25, 0.3) is 0 Å². The van der Waals surface area contributed by atoms with Crippen molar-refractivity contribution in [1.82, 2.24) is 4.98 Å². The zero-order chi connectivity index (χ0) is 15.4. The number of carboxylic acids is 1. The lowest BCUT2D eigenvalue weighted by atomic mass is 10.2. The normalized spacial score (nSPS) is 10.3. The second-order valence-electron chi connectivity index (χ2n) is 4.01. The van der Waals surface area contributed by atoms with E-state index in [9.17, 15) is 19.3 Å². The molecule has 0 aliphatic carbocycles. The lowest BCUT2D eigenvalue weighted by Crippen LogP contribution is -1.99. The van der Waals surface area contributed by atoms with Crippen LogP contribution >= 0.6 is 11.8 Å². The predicted octanol–water partition coefficient (Wildman–Crippen LogP) is 3.12. The van der Waals surface area contributed by atoms with E-state index in [2.05, 4.69) is 4.98 Å². The van der Waals surface area contributed by atoms with Crippen LogP contribution in [0.3, 0.4) is 0 Å². The van der Waals surface area contributed by atoms with Crippen LogP contribution in [0.1, 0.15) is 16.1 Å². The summed E-state index contributed by atoms with van der Waals surface area (Å²) >= 11 is 1.29. The van der Waals surface area contributed by atoms with E-state index in [4.69, 9.17) is 5.11 Å². The molecule has 0 amide bonds. The highest BCUT2D eigenvalue weighted by Gasteiger charge is 2.14. The fourth-order valence-corrected chi connectivity index (χ4v) is 2.44. The third-order valence-corrected chi connectivity index (χ3v) is 3.63. The molecule has 0 aliphatic rings. The number of hydrogen-bond donors (Lipinski definition) is 1. The summed E-state index contributed by atoms with van der Waals surface area (Å²) in [6, 6.07) is 6.73. The van der Waals surface area contributed by atoms with Crippen molar-refractivity contribution in [2.75, 3.05) is 0 Å². The Kier molecular flexibility index (Phi) is 4.49. The molecule has 0 saturated carbocycles. The maximum Gasteiger partial charge on any atom is 0.354 e. The van der Waals surface area contributed by atoms with E-state index in [1.54, 1.807) is 6.07 Å². The minimum absolute atomic E-state index is 0.0742. The van der Waals surface area contributed by atoms with Crippen LogP contribution in [-0.4, -0.2) is 21.0 Å². The maximum atomic E-state index is 13.5. The lowest BCUT2D eigenvalue weighted by Gasteiger charge is -2.03. The zero-order valence-electron chi connectivity index (χ0n) is 10.5. The van der Waals surface area contributed by atoms with Gasteiger partial charge in [0, 0.05) is 22.9 Å². The average molecular weight is 308 g/mol. The van der Waals surface area contributed by atoms with Crippen molar-refractivity contribution < 1.29 is 19.2 Å². The number of nitrogens with zero attached hydrogens (tertiary/aromatic N) is 2. The van der Waals surface area contributed by atoms with Gasteiger partial charge in [-0.15, -0.1) is 11.8 Å². The molecule has 1 heterocycles. The van der Waals surface area contributed by atoms with E-state index >= 15 is 0 Å². The maximum absolute atomic E-state index is 13.5. The molecule has 1 aromatic carbocycles. The summed E-state index contributed by atoms with van der Waals surface area (Å²) in [5.74, 6) is -1.66. The largest absolute Gasteiger partial charge is 0.477 e. The Morgan fingerprint density at radius 2 is 2.14 bits per heavy atom. The van der Waals surface area contributed by atoms with Crippen LogP contribution in [0.15, 0.2) is 41.4 Å². The highest BCUT2D eigenvalue weighted by atomic mass is 32.2. The highest BCUT2D eigenvalue weighted by molar-refractivity contribution is 7.98. The minimum Gasteiger partial charge on any atom is -0.477 e. The van der Waals surface area contributed by atoms with Crippen molar-refractivity contribution in [1.29, 1.82) is 0 Å². The van der Waals surface area contributed by atoms with Crippen LogP contribution in [0.25, 0.3) is 0 Å². The van der Waals surface area contributed by atoms with E-state index in [0.717, 1.165) is 12.1 Å². The van der Waals surface area contributed by atoms with E-state index < -0.39 is 22.4 Å². The number of aromatic nitrogens is 1. The number of aromatic carboxylic acids is 1. The van der Waals surface area contributed by atoms with E-state index in [1.165, 1.54) is 30.1 Å². The number of halogens is 1. The molecule has 0 spiro atoms. The Morgan fingerprint density at radius 1 is 1.38 bits per heavy atom. The second kappa shape index (κ2) is 6.31. The average Bonchev–Trinajstić information content (AvgIpc) is 2.45. The Balaban J connectivity index is 2.10. The Morgan fingerprint density at radius 3 is 2.76 bits per heavy atom. The molecule has 2 aromatic rings. The van der Waals surface area contributed by atoms with Gasteiger partial charge in [-0.1, -0.05) is 6.07 Å². The molecule has 0 saturated heterocycles. The van der Waals surface area contributed by atoms with Gasteiger partial charge in [0.15, 0.2) is 0 Å². The minimum atomic E-state index is -1.13. The molecule has 108 valence electrons. The van der Waals surface area contributed by atoms with Gasteiger partial charge in [-0.2, -0.15) is 4.39 Å². The second-order valence-corrected chi connectivity index (χ2v) is 5.06. The van der Waals surface area contributed by atoms with Gasteiger partial charge < -0.3 is 5.11 Å². The van der Waals surface area contributed by atoms with Gasteiger partial charge in [0.2, 0.25) is 5.82 Å². The van der Waals surface area contributed by atoms with Crippen molar-refractivity contribution in [2.24, 2.45) is 0 Å². The zero-order valence-corrected chi connectivity index (χ0v) is 11.3. The molecular weight excluding hydrogens is 299 g/mol. The summed E-state index contributed by atoms with van der Waals surface area (Å²) < 4.78 is 13.5. The molecule has 1 N–H and O–H groups in total. The van der Waals surface area contributed by atoms with Crippen molar-refractivity contribution in [3.8, 4) is 0 Å². The molecular formula is C13H9FN2O4S. The van der Waals surface area contributed by atoms with Gasteiger partial charge in [-0.05, 0) is 23.8 Å². The van der Waals surface area contributed by atoms with E-state index in [-0.39, 0.29) is 5.69 Å². The summed E-state index contributed by atoms with van der Waals surface area (Å²) in [5.41, 5.74) is -0.0764. The lowest BCUT2D eigenvalue weighted by molar-refractivity contribution is -0.387. The Labute approximate surface area is 122 Å². The first-order valence-electron chi connectivity index (χ1n) is 5.72. The van der Waals surface area contributed by atoms with Crippen molar-refractivity contribution in [3.05, 3.63) is 63.7 Å². The number of thioether (sulfide) groups is 1. The fourth-order valence-electron chi connectivity index (χ4n) is 1.57. The third-order valence-electron chi connectivity index (χ3n) is 2.56. The van der Waals surface area contributed by atoms with E-state index in [1.807, 2.05) is 0 Å². The van der Waals surface area contributed by atoms with Crippen LogP contribution in [-0.2, 0) is 5.75 Å². The van der Waals surface area contributed by atoms with Crippen LogP contribution in [0.4, 0.5) is 10.1 Å². The molecule has 0 atom stereocenters. The number of rotatable bonds is 5. The smallest absolute Gasteiger partial charge is 0.354 e. The number of nitro groups is 1. The highest BCUT2D eigenvalue weighted by Crippen LogP contribution is 2.25. The number of pyridine rings is 1. The quantitative estimate of drug-likeness (QED) is 0.518.